The maximum atomic E-state index is 2.45. The smallest absolute Gasteiger partial charge is 0.0462 e. The minimum absolute atomic E-state index is 0.00974. The molecule has 0 radical (unpaired) electrons. The molecule has 0 saturated carbocycles. The maximum absolute atomic E-state index is 2.45. The molecule has 10 rings (SSSR count). The van der Waals surface area contributed by atoms with Gasteiger partial charge in [-0.05, 0) is 120 Å². The number of allylic oxidation sites excluding steroid dienone is 2. The average Bonchev–Trinajstić information content (AvgIpc) is 3.66. The second kappa shape index (κ2) is 13.5. The molecule has 1 heteroatoms. The van der Waals surface area contributed by atoms with Gasteiger partial charge >= 0.3 is 0 Å². The molecule has 0 heterocycles. The van der Waals surface area contributed by atoms with Crippen molar-refractivity contribution in [2.24, 2.45) is 0 Å². The first kappa shape index (κ1) is 34.8. The van der Waals surface area contributed by atoms with Crippen molar-refractivity contribution in [1.29, 1.82) is 0 Å². The van der Waals surface area contributed by atoms with E-state index in [1.54, 1.807) is 0 Å². The molecule has 0 bridgehead atoms. The Kier molecular flexibility index (Phi) is 8.23. The first-order chi connectivity index (χ1) is 27.8. The second-order valence-corrected chi connectivity index (χ2v) is 16.6. The van der Waals surface area contributed by atoms with Gasteiger partial charge in [0.05, 0.1) is 0 Å². The number of rotatable bonds is 7. The molecule has 0 saturated heterocycles. The normalized spacial score (nSPS) is 14.5. The van der Waals surface area contributed by atoms with Crippen molar-refractivity contribution in [3.63, 3.8) is 0 Å². The molecule has 0 atom stereocenters. The number of hydrogen-bond acceptors (Lipinski definition) is 1. The zero-order valence-electron chi connectivity index (χ0n) is 33.0. The van der Waals surface area contributed by atoms with E-state index in [1.807, 2.05) is 0 Å². The van der Waals surface area contributed by atoms with Gasteiger partial charge in [0.25, 0.3) is 0 Å². The number of benzene rings is 8. The van der Waals surface area contributed by atoms with Crippen LogP contribution in [0.4, 0.5) is 17.1 Å². The van der Waals surface area contributed by atoms with Gasteiger partial charge in [0.1, 0.15) is 0 Å². The molecular weight excluding hydrogens is 687 g/mol. The van der Waals surface area contributed by atoms with E-state index in [4.69, 9.17) is 0 Å². The maximum Gasteiger partial charge on any atom is 0.0462 e. The molecule has 0 N–H and O–H groups in total. The quantitative estimate of drug-likeness (QED) is 0.158. The highest BCUT2D eigenvalue weighted by Gasteiger charge is 2.49. The Hall–Kier alpha value is -6.70. The van der Waals surface area contributed by atoms with E-state index >= 15 is 0 Å². The van der Waals surface area contributed by atoms with E-state index in [0.717, 1.165) is 17.1 Å². The molecule has 0 aromatic heterocycles. The van der Waals surface area contributed by atoms with Gasteiger partial charge < -0.3 is 4.90 Å². The summed E-state index contributed by atoms with van der Waals surface area (Å²) in [6.07, 6.45) is 0. The van der Waals surface area contributed by atoms with Gasteiger partial charge in [0, 0.05) is 27.9 Å². The Morgan fingerprint density at radius 3 is 1.05 bits per heavy atom. The summed E-state index contributed by atoms with van der Waals surface area (Å²) in [5.74, 6) is 0. The van der Waals surface area contributed by atoms with Gasteiger partial charge in [-0.1, -0.05) is 185 Å². The fourth-order valence-electron chi connectivity index (χ4n) is 9.51. The summed E-state index contributed by atoms with van der Waals surface area (Å²) in [5, 5.41) is 0. The summed E-state index contributed by atoms with van der Waals surface area (Å²) >= 11 is 0. The van der Waals surface area contributed by atoms with Gasteiger partial charge in [-0.2, -0.15) is 0 Å². The van der Waals surface area contributed by atoms with Crippen LogP contribution in [0.1, 0.15) is 49.9 Å². The van der Waals surface area contributed by atoms with E-state index in [-0.39, 0.29) is 10.8 Å². The minimum atomic E-state index is -0.0615. The van der Waals surface area contributed by atoms with Crippen molar-refractivity contribution in [3.05, 3.63) is 222 Å². The van der Waals surface area contributed by atoms with Crippen LogP contribution in [0.15, 0.2) is 200 Å². The third-order valence-corrected chi connectivity index (χ3v) is 12.5. The van der Waals surface area contributed by atoms with Crippen LogP contribution in [0, 0.1) is 0 Å². The van der Waals surface area contributed by atoms with Crippen LogP contribution >= 0.6 is 0 Å². The SMILES string of the molecule is CC1(C)C2=C(c3ccccc31)C(C)(C)c1cc(-c3ccc(-c4ccc(N(c5ccc(-c6ccccc6)cc5)c5ccc(-c6ccccc6)cc5)cc4)cc3)ccc12. The second-order valence-electron chi connectivity index (χ2n) is 16.6. The lowest BCUT2D eigenvalue weighted by molar-refractivity contribution is 0.694. The van der Waals surface area contributed by atoms with Crippen molar-refractivity contribution in [3.8, 4) is 44.5 Å². The molecule has 57 heavy (non-hydrogen) atoms. The molecular formula is C56H45N. The summed E-state index contributed by atoms with van der Waals surface area (Å²) < 4.78 is 0. The highest BCUT2D eigenvalue weighted by atomic mass is 15.1. The Bertz CT molecular complexity index is 2690. The first-order valence-corrected chi connectivity index (χ1v) is 20.1. The molecule has 1 nitrogen and oxygen atoms in total. The van der Waals surface area contributed by atoms with Crippen molar-refractivity contribution in [2.45, 2.75) is 38.5 Å². The molecule has 274 valence electrons. The van der Waals surface area contributed by atoms with Gasteiger partial charge in [0.15, 0.2) is 0 Å². The fourth-order valence-corrected chi connectivity index (χ4v) is 9.51. The lowest BCUT2D eigenvalue weighted by Gasteiger charge is -2.28. The first-order valence-electron chi connectivity index (χ1n) is 20.1. The lowest BCUT2D eigenvalue weighted by atomic mass is 9.75. The molecule has 0 amide bonds. The summed E-state index contributed by atoms with van der Waals surface area (Å²) in [4.78, 5) is 2.34. The molecule has 0 fully saturated rings. The van der Waals surface area contributed by atoms with Crippen LogP contribution in [0.2, 0.25) is 0 Å². The zero-order chi connectivity index (χ0) is 38.7. The summed E-state index contributed by atoms with van der Waals surface area (Å²) in [5.41, 5.74) is 21.7. The Labute approximate surface area is 337 Å². The van der Waals surface area contributed by atoms with Crippen molar-refractivity contribution in [1.82, 2.24) is 0 Å². The van der Waals surface area contributed by atoms with E-state index < -0.39 is 0 Å². The van der Waals surface area contributed by atoms with Crippen LogP contribution < -0.4 is 4.90 Å². The summed E-state index contributed by atoms with van der Waals surface area (Å²) in [6, 6.07) is 73.2. The van der Waals surface area contributed by atoms with Crippen LogP contribution in [-0.4, -0.2) is 0 Å². The molecule has 0 aliphatic heterocycles. The van der Waals surface area contributed by atoms with Crippen molar-refractivity contribution in [2.75, 3.05) is 4.90 Å². The number of anilines is 3. The summed E-state index contributed by atoms with van der Waals surface area (Å²) in [7, 11) is 0. The Morgan fingerprint density at radius 2 is 0.596 bits per heavy atom. The van der Waals surface area contributed by atoms with E-state index in [9.17, 15) is 0 Å². The molecule has 8 aromatic rings. The van der Waals surface area contributed by atoms with Crippen LogP contribution in [0.25, 0.3) is 55.7 Å². The highest BCUT2D eigenvalue weighted by molar-refractivity contribution is 6.09. The van der Waals surface area contributed by atoms with E-state index in [2.05, 4.69) is 233 Å². The molecule has 2 aliphatic rings. The third kappa shape index (κ3) is 5.85. The molecule has 8 aromatic carbocycles. The van der Waals surface area contributed by atoms with Gasteiger partial charge in [-0.3, -0.25) is 0 Å². The van der Waals surface area contributed by atoms with Crippen LogP contribution in [-0.2, 0) is 10.8 Å². The van der Waals surface area contributed by atoms with E-state index in [1.165, 1.54) is 77.9 Å². The van der Waals surface area contributed by atoms with Crippen molar-refractivity contribution < 1.29 is 0 Å². The Balaban J connectivity index is 0.939. The third-order valence-electron chi connectivity index (χ3n) is 12.5. The van der Waals surface area contributed by atoms with Crippen molar-refractivity contribution >= 4 is 28.2 Å². The molecule has 0 spiro atoms. The number of hydrogen-bond donors (Lipinski definition) is 0. The van der Waals surface area contributed by atoms with Gasteiger partial charge in [0.2, 0.25) is 0 Å². The predicted molar refractivity (Wildman–Crippen MR) is 242 cm³/mol. The largest absolute Gasteiger partial charge is 0.311 e. The van der Waals surface area contributed by atoms with E-state index in [0.29, 0.717) is 0 Å². The summed E-state index contributed by atoms with van der Waals surface area (Å²) in [6.45, 7) is 9.60. The van der Waals surface area contributed by atoms with Gasteiger partial charge in [-0.15, -0.1) is 0 Å². The zero-order valence-corrected chi connectivity index (χ0v) is 33.0. The topological polar surface area (TPSA) is 3.24 Å². The molecule has 2 aliphatic carbocycles. The van der Waals surface area contributed by atoms with Crippen LogP contribution in [0.5, 0.6) is 0 Å². The van der Waals surface area contributed by atoms with Crippen LogP contribution in [0.3, 0.4) is 0 Å². The highest BCUT2D eigenvalue weighted by Crippen LogP contribution is 2.62. The fraction of sp³-hybridized carbons (Fsp3) is 0.107. The molecule has 0 unspecified atom stereocenters. The standard InChI is InChI=1S/C56H45N/c1-55(2)51-18-12-11-17-49(51)53-54(55)50-36-29-45(37-52(50)56(53,3)4)44-21-19-40(20-22-44)43-27-34-48(35-28-43)57(46-30-23-41(24-31-46)38-13-7-5-8-14-38)47-32-25-42(26-33-47)39-15-9-6-10-16-39/h5-37H,1-4H3. The monoisotopic (exact) mass is 731 g/mol. The lowest BCUT2D eigenvalue weighted by Crippen LogP contribution is -2.19. The minimum Gasteiger partial charge on any atom is -0.311 e. The predicted octanol–water partition coefficient (Wildman–Crippen LogP) is 15.3. The number of fused-ring (bicyclic) bond motifs is 4. The average molecular weight is 732 g/mol. The number of nitrogens with zero attached hydrogens (tertiary/aromatic N) is 1. The Morgan fingerprint density at radius 1 is 0.281 bits per heavy atom. The van der Waals surface area contributed by atoms with Gasteiger partial charge in [-0.25, -0.2) is 0 Å².